The molecule has 0 saturated heterocycles. The van der Waals surface area contributed by atoms with E-state index in [0.29, 0.717) is 5.82 Å². The zero-order chi connectivity index (χ0) is 15.4. The Morgan fingerprint density at radius 3 is 3.05 bits per heavy atom. The molecule has 3 heterocycles. The van der Waals surface area contributed by atoms with Crippen LogP contribution in [0.2, 0.25) is 0 Å². The Bertz CT molecular complexity index is 729. The average molecular weight is 298 g/mol. The van der Waals surface area contributed by atoms with Crippen molar-refractivity contribution in [3.63, 3.8) is 0 Å². The van der Waals surface area contributed by atoms with Crippen LogP contribution < -0.4 is 11.1 Å². The van der Waals surface area contributed by atoms with Crippen LogP contribution >= 0.6 is 0 Å². The first-order chi connectivity index (χ1) is 10.8. The summed E-state index contributed by atoms with van der Waals surface area (Å²) < 4.78 is 1.70. The van der Waals surface area contributed by atoms with Gasteiger partial charge in [-0.25, -0.2) is 4.98 Å². The fraction of sp³-hybridized carbons (Fsp3) is 0.375. The Morgan fingerprint density at radius 2 is 2.27 bits per heavy atom. The van der Waals surface area contributed by atoms with Crippen molar-refractivity contribution in [2.24, 2.45) is 0 Å². The van der Waals surface area contributed by atoms with Gasteiger partial charge in [-0.05, 0) is 38.4 Å². The summed E-state index contributed by atoms with van der Waals surface area (Å²) in [6.45, 7) is 4.20. The highest BCUT2D eigenvalue weighted by Gasteiger charge is 2.11. The molecule has 3 aromatic heterocycles. The first kappa shape index (κ1) is 14.6. The first-order valence-electron chi connectivity index (χ1n) is 7.76. The van der Waals surface area contributed by atoms with Crippen molar-refractivity contribution in [1.29, 1.82) is 0 Å². The van der Waals surface area contributed by atoms with Crippen molar-refractivity contribution in [1.82, 2.24) is 24.9 Å². The number of hydrogen-bond donors (Lipinski definition) is 3. The molecule has 0 fully saturated rings. The molecule has 0 aliphatic heterocycles. The second kappa shape index (κ2) is 6.62. The molecule has 3 rings (SSSR count). The predicted molar refractivity (Wildman–Crippen MR) is 88.7 cm³/mol. The van der Waals surface area contributed by atoms with Gasteiger partial charge in [-0.1, -0.05) is 6.92 Å². The van der Waals surface area contributed by atoms with Crippen LogP contribution in [0.15, 0.2) is 30.7 Å². The molecule has 0 aliphatic rings. The van der Waals surface area contributed by atoms with Gasteiger partial charge >= 0.3 is 0 Å². The van der Waals surface area contributed by atoms with Crippen LogP contribution in [0, 0.1) is 0 Å². The van der Waals surface area contributed by atoms with Gasteiger partial charge in [-0.15, -0.1) is 0 Å². The van der Waals surface area contributed by atoms with Gasteiger partial charge in [-0.3, -0.25) is 0 Å². The van der Waals surface area contributed by atoms with Crippen LogP contribution in [0.5, 0.6) is 0 Å². The third kappa shape index (κ3) is 2.96. The van der Waals surface area contributed by atoms with Crippen LogP contribution in [0.25, 0.3) is 16.8 Å². The molecule has 3 aromatic rings. The average Bonchev–Trinajstić information content (AvgIpc) is 3.15. The van der Waals surface area contributed by atoms with E-state index in [2.05, 4.69) is 22.3 Å². The maximum Gasteiger partial charge on any atom is 0.165 e. The zero-order valence-corrected chi connectivity index (χ0v) is 12.8. The fourth-order valence-electron chi connectivity index (χ4n) is 2.59. The number of H-pyrrole nitrogens is 1. The molecule has 0 bridgehead atoms. The van der Waals surface area contributed by atoms with Crippen molar-refractivity contribution in [2.75, 3.05) is 18.8 Å². The third-order valence-electron chi connectivity index (χ3n) is 3.75. The number of nitrogens with one attached hydrogen (secondary N) is 2. The molecule has 0 unspecified atom stereocenters. The Labute approximate surface area is 129 Å². The van der Waals surface area contributed by atoms with Crippen molar-refractivity contribution in [3.8, 4) is 11.1 Å². The van der Waals surface area contributed by atoms with E-state index in [1.807, 2.05) is 30.7 Å². The Morgan fingerprint density at radius 1 is 1.36 bits per heavy atom. The number of aromatic amines is 1. The van der Waals surface area contributed by atoms with Gasteiger partial charge in [0.25, 0.3) is 0 Å². The third-order valence-corrected chi connectivity index (χ3v) is 3.75. The number of nitrogen functional groups attached to an aromatic ring is 1. The summed E-state index contributed by atoms with van der Waals surface area (Å²) in [5, 5.41) is 7.68. The van der Waals surface area contributed by atoms with Gasteiger partial charge in [0.1, 0.15) is 5.82 Å². The topological polar surface area (TPSA) is 84.0 Å². The number of rotatable bonds is 7. The van der Waals surface area contributed by atoms with Crippen molar-refractivity contribution in [3.05, 3.63) is 36.4 Å². The molecule has 0 radical (unpaired) electrons. The number of nitrogens with two attached hydrogens (primary N) is 1. The van der Waals surface area contributed by atoms with Crippen LogP contribution in [0.4, 0.5) is 5.82 Å². The SMILES string of the molecule is CCNCCCCc1cc(N)n2ncc(-c3cc[nH]c3)c2n1. The lowest BCUT2D eigenvalue weighted by Crippen LogP contribution is -2.14. The highest BCUT2D eigenvalue weighted by atomic mass is 15.3. The quantitative estimate of drug-likeness (QED) is 0.584. The van der Waals surface area contributed by atoms with Gasteiger partial charge < -0.3 is 16.0 Å². The maximum atomic E-state index is 6.12. The van der Waals surface area contributed by atoms with Crippen molar-refractivity contribution >= 4 is 11.5 Å². The van der Waals surface area contributed by atoms with Crippen LogP contribution in [-0.4, -0.2) is 32.7 Å². The van der Waals surface area contributed by atoms with E-state index in [4.69, 9.17) is 10.7 Å². The molecular formula is C16H22N6. The minimum Gasteiger partial charge on any atom is -0.384 e. The highest BCUT2D eigenvalue weighted by molar-refractivity contribution is 5.77. The van der Waals surface area contributed by atoms with Crippen LogP contribution in [0.3, 0.4) is 0 Å². The number of hydrogen-bond acceptors (Lipinski definition) is 4. The second-order valence-electron chi connectivity index (χ2n) is 5.38. The predicted octanol–water partition coefficient (Wildman–Crippen LogP) is 2.24. The molecule has 0 saturated carbocycles. The number of aromatic nitrogens is 4. The largest absolute Gasteiger partial charge is 0.384 e. The van der Waals surface area contributed by atoms with E-state index in [-0.39, 0.29) is 0 Å². The molecule has 4 N–H and O–H groups in total. The molecular weight excluding hydrogens is 276 g/mol. The molecule has 0 atom stereocenters. The van der Waals surface area contributed by atoms with Gasteiger partial charge in [0, 0.05) is 35.3 Å². The van der Waals surface area contributed by atoms with Crippen molar-refractivity contribution < 1.29 is 0 Å². The lowest BCUT2D eigenvalue weighted by molar-refractivity contribution is 0.637. The Kier molecular flexibility index (Phi) is 4.39. The van der Waals surface area contributed by atoms with E-state index < -0.39 is 0 Å². The second-order valence-corrected chi connectivity index (χ2v) is 5.38. The van der Waals surface area contributed by atoms with E-state index in [0.717, 1.165) is 54.8 Å². The first-order valence-corrected chi connectivity index (χ1v) is 7.76. The van der Waals surface area contributed by atoms with E-state index in [9.17, 15) is 0 Å². The minimum absolute atomic E-state index is 0.633. The molecule has 6 nitrogen and oxygen atoms in total. The molecule has 116 valence electrons. The van der Waals surface area contributed by atoms with Crippen LogP contribution in [0.1, 0.15) is 25.5 Å². The standard InChI is InChI=1S/C16H22N6/c1-2-18-7-4-3-5-13-9-15(17)22-16(21-13)14(11-20-22)12-6-8-19-10-12/h6,8-11,18-19H,2-5,7,17H2,1H3. The zero-order valence-electron chi connectivity index (χ0n) is 12.8. The summed E-state index contributed by atoms with van der Waals surface area (Å²) in [6, 6.07) is 3.94. The smallest absolute Gasteiger partial charge is 0.165 e. The molecule has 0 spiro atoms. The molecule has 22 heavy (non-hydrogen) atoms. The number of anilines is 1. The van der Waals surface area contributed by atoms with Crippen molar-refractivity contribution in [2.45, 2.75) is 26.2 Å². The Hall–Kier alpha value is -2.34. The number of nitrogens with zero attached hydrogens (tertiary/aromatic N) is 3. The summed E-state index contributed by atoms with van der Waals surface area (Å²) in [5.41, 5.74) is 10.0. The Balaban J connectivity index is 1.82. The number of fused-ring (bicyclic) bond motifs is 1. The summed E-state index contributed by atoms with van der Waals surface area (Å²) in [7, 11) is 0. The lowest BCUT2D eigenvalue weighted by Gasteiger charge is -2.06. The fourth-order valence-corrected chi connectivity index (χ4v) is 2.59. The highest BCUT2D eigenvalue weighted by Crippen LogP contribution is 2.24. The van der Waals surface area contributed by atoms with Crippen LogP contribution in [-0.2, 0) is 6.42 Å². The number of unbranched alkanes of at least 4 members (excludes halogenated alkanes) is 1. The van der Waals surface area contributed by atoms with Gasteiger partial charge in [0.05, 0.1) is 6.20 Å². The normalized spacial score (nSPS) is 11.3. The van der Waals surface area contributed by atoms with E-state index in [1.54, 1.807) is 4.52 Å². The molecule has 0 amide bonds. The number of aryl methyl sites for hydroxylation is 1. The summed E-state index contributed by atoms with van der Waals surface area (Å²) in [5.74, 6) is 0.633. The van der Waals surface area contributed by atoms with Gasteiger partial charge in [0.2, 0.25) is 0 Å². The summed E-state index contributed by atoms with van der Waals surface area (Å²) in [6.07, 6.45) is 8.83. The summed E-state index contributed by atoms with van der Waals surface area (Å²) in [4.78, 5) is 7.82. The molecule has 6 heteroatoms. The monoisotopic (exact) mass is 298 g/mol. The molecule has 0 aromatic carbocycles. The minimum atomic E-state index is 0.633. The van der Waals surface area contributed by atoms with E-state index in [1.165, 1.54) is 0 Å². The molecule has 0 aliphatic carbocycles. The van der Waals surface area contributed by atoms with Gasteiger partial charge in [0.15, 0.2) is 5.65 Å². The summed E-state index contributed by atoms with van der Waals surface area (Å²) >= 11 is 0. The van der Waals surface area contributed by atoms with E-state index >= 15 is 0 Å². The maximum absolute atomic E-state index is 6.12. The lowest BCUT2D eigenvalue weighted by atomic mass is 10.1. The van der Waals surface area contributed by atoms with Gasteiger partial charge in [-0.2, -0.15) is 9.61 Å².